The number of nitrogens with zero attached hydrogens (tertiary/aromatic N) is 3. The number of nitrogen functional groups attached to an aromatic ring is 1. The number of halogens is 2. The highest BCUT2D eigenvalue weighted by molar-refractivity contribution is 6.35. The van der Waals surface area contributed by atoms with Crippen molar-refractivity contribution in [3.8, 4) is 22.7 Å². The number of rotatable bonds is 7. The van der Waals surface area contributed by atoms with E-state index in [0.717, 1.165) is 0 Å². The molecule has 0 aliphatic rings. The Labute approximate surface area is 240 Å². The summed E-state index contributed by atoms with van der Waals surface area (Å²) in [7, 11) is 0. The summed E-state index contributed by atoms with van der Waals surface area (Å²) >= 11 is 6.40. The summed E-state index contributed by atoms with van der Waals surface area (Å²) in [4.78, 5) is 35.6. The summed E-state index contributed by atoms with van der Waals surface area (Å²) < 4.78 is 21.6. The number of hydrogen-bond donors (Lipinski definition) is 2. The lowest BCUT2D eigenvalue weighted by molar-refractivity contribution is 0.0934. The number of aromatic nitrogens is 3. The SMILES string of the molecule is CC(C)Oc1ccc(-c2cnc(N)c(C(=O)N[C@@H](C)c3cc4cccc(Cl)c4c(=O)n3-c3ccccc3)n2)cc1F. The molecule has 208 valence electrons. The third-order valence-corrected chi connectivity index (χ3v) is 6.75. The number of nitrogens with one attached hydrogen (secondary N) is 1. The zero-order valence-corrected chi connectivity index (χ0v) is 23.3. The lowest BCUT2D eigenvalue weighted by atomic mass is 10.1. The van der Waals surface area contributed by atoms with Crippen LogP contribution in [-0.4, -0.2) is 26.5 Å². The van der Waals surface area contributed by atoms with E-state index in [1.54, 1.807) is 57.2 Å². The fraction of sp³-hybridized carbons (Fsp3) is 0.161. The van der Waals surface area contributed by atoms with E-state index in [9.17, 15) is 14.0 Å². The van der Waals surface area contributed by atoms with Crippen LogP contribution in [0.25, 0.3) is 27.7 Å². The van der Waals surface area contributed by atoms with Crippen LogP contribution in [0, 0.1) is 5.82 Å². The standard InChI is InChI=1S/C31H27ClFN5O3/c1-17(2)41-26-13-12-19(14-23(26)33)24-16-35-29(34)28(37-24)30(39)36-18(3)25-15-20-8-7-11-22(32)27(20)31(40)38(25)21-9-5-4-6-10-21/h4-18H,1-3H3,(H2,34,35)(H,36,39)/t18-/m0/s1. The van der Waals surface area contributed by atoms with Gasteiger partial charge in [-0.2, -0.15) is 0 Å². The van der Waals surface area contributed by atoms with Gasteiger partial charge in [-0.05, 0) is 68.6 Å². The van der Waals surface area contributed by atoms with Crippen molar-refractivity contribution in [1.29, 1.82) is 0 Å². The minimum atomic E-state index is -0.659. The average Bonchev–Trinajstić information content (AvgIpc) is 2.94. The van der Waals surface area contributed by atoms with Gasteiger partial charge in [0.25, 0.3) is 11.5 Å². The van der Waals surface area contributed by atoms with Crippen LogP contribution in [-0.2, 0) is 0 Å². The molecule has 10 heteroatoms. The van der Waals surface area contributed by atoms with Crippen LogP contribution in [0.4, 0.5) is 10.2 Å². The fourth-order valence-electron chi connectivity index (χ4n) is 4.55. The quantitative estimate of drug-likeness (QED) is 0.244. The molecular weight excluding hydrogens is 545 g/mol. The zero-order valence-electron chi connectivity index (χ0n) is 22.6. The van der Waals surface area contributed by atoms with Crippen molar-refractivity contribution in [2.75, 3.05) is 5.73 Å². The van der Waals surface area contributed by atoms with Crippen molar-refractivity contribution in [3.05, 3.63) is 112 Å². The van der Waals surface area contributed by atoms with Crippen LogP contribution in [0.3, 0.4) is 0 Å². The maximum absolute atomic E-state index is 14.6. The molecule has 5 rings (SSSR count). The molecule has 0 bridgehead atoms. The summed E-state index contributed by atoms with van der Waals surface area (Å²) in [5.41, 5.74) is 7.38. The Balaban J connectivity index is 1.51. The predicted octanol–water partition coefficient (Wildman–Crippen LogP) is 6.10. The lowest BCUT2D eigenvalue weighted by Gasteiger charge is -2.21. The van der Waals surface area contributed by atoms with Crippen LogP contribution < -0.4 is 21.3 Å². The van der Waals surface area contributed by atoms with E-state index in [1.807, 2.05) is 24.3 Å². The number of nitrogens with two attached hydrogens (primary N) is 1. The summed E-state index contributed by atoms with van der Waals surface area (Å²) in [6, 6.07) is 19.8. The number of para-hydroxylation sites is 1. The molecule has 3 aromatic carbocycles. The molecule has 0 aliphatic carbocycles. The van der Waals surface area contributed by atoms with E-state index in [2.05, 4.69) is 15.3 Å². The van der Waals surface area contributed by atoms with Gasteiger partial charge in [0.05, 0.1) is 34.4 Å². The molecule has 8 nitrogen and oxygen atoms in total. The van der Waals surface area contributed by atoms with Crippen LogP contribution >= 0.6 is 11.6 Å². The van der Waals surface area contributed by atoms with Crippen molar-refractivity contribution in [3.63, 3.8) is 0 Å². The van der Waals surface area contributed by atoms with Gasteiger partial charge in [-0.25, -0.2) is 14.4 Å². The first kappa shape index (κ1) is 27.8. The van der Waals surface area contributed by atoms with Crippen molar-refractivity contribution >= 4 is 34.1 Å². The van der Waals surface area contributed by atoms with Gasteiger partial charge in [0, 0.05) is 16.9 Å². The Hall–Kier alpha value is -4.76. The molecule has 0 radical (unpaired) electrons. The largest absolute Gasteiger partial charge is 0.488 e. The number of hydrogen-bond acceptors (Lipinski definition) is 6. The van der Waals surface area contributed by atoms with Gasteiger partial charge in [0.15, 0.2) is 23.1 Å². The molecule has 0 unspecified atom stereocenters. The predicted molar refractivity (Wildman–Crippen MR) is 158 cm³/mol. The average molecular weight is 572 g/mol. The Bertz CT molecular complexity index is 1830. The van der Waals surface area contributed by atoms with Crippen LogP contribution in [0.1, 0.15) is 43.0 Å². The van der Waals surface area contributed by atoms with E-state index in [4.69, 9.17) is 22.1 Å². The lowest BCUT2D eigenvalue weighted by Crippen LogP contribution is -2.33. The molecule has 41 heavy (non-hydrogen) atoms. The molecule has 2 heterocycles. The molecule has 5 aromatic rings. The molecular formula is C31H27ClFN5O3. The van der Waals surface area contributed by atoms with Gasteiger partial charge in [0.2, 0.25) is 0 Å². The molecule has 0 saturated carbocycles. The Morgan fingerprint density at radius 1 is 1.05 bits per heavy atom. The number of amides is 1. The molecule has 0 fully saturated rings. The minimum absolute atomic E-state index is 0.0931. The number of anilines is 1. The second-order valence-electron chi connectivity index (χ2n) is 9.75. The normalized spacial score (nSPS) is 12.0. The molecule has 1 atom stereocenters. The molecule has 2 aromatic heterocycles. The number of carbonyl (C=O) groups is 1. The van der Waals surface area contributed by atoms with Gasteiger partial charge in [-0.1, -0.05) is 41.9 Å². The summed E-state index contributed by atoms with van der Waals surface area (Å²) in [6.45, 7) is 5.35. The topological polar surface area (TPSA) is 112 Å². The molecule has 3 N–H and O–H groups in total. The molecule has 0 saturated heterocycles. The van der Waals surface area contributed by atoms with E-state index in [0.29, 0.717) is 32.7 Å². The number of ether oxygens (including phenoxy) is 1. The number of fused-ring (bicyclic) bond motifs is 1. The molecule has 0 aliphatic heterocycles. The maximum atomic E-state index is 14.6. The second-order valence-corrected chi connectivity index (χ2v) is 10.2. The van der Waals surface area contributed by atoms with Gasteiger partial charge >= 0.3 is 0 Å². The van der Waals surface area contributed by atoms with Crippen LogP contribution in [0.2, 0.25) is 5.02 Å². The first-order valence-electron chi connectivity index (χ1n) is 12.9. The minimum Gasteiger partial charge on any atom is -0.488 e. The summed E-state index contributed by atoms with van der Waals surface area (Å²) in [5.74, 6) is -1.16. The van der Waals surface area contributed by atoms with Crippen molar-refractivity contribution < 1.29 is 13.9 Å². The number of carbonyl (C=O) groups excluding carboxylic acids is 1. The Morgan fingerprint density at radius 2 is 1.80 bits per heavy atom. The first-order valence-corrected chi connectivity index (χ1v) is 13.3. The summed E-state index contributed by atoms with van der Waals surface area (Å²) in [5, 5.41) is 4.23. The second kappa shape index (κ2) is 11.4. The molecule has 1 amide bonds. The Morgan fingerprint density at radius 3 is 2.51 bits per heavy atom. The maximum Gasteiger partial charge on any atom is 0.274 e. The fourth-order valence-corrected chi connectivity index (χ4v) is 4.82. The van der Waals surface area contributed by atoms with E-state index in [-0.39, 0.29) is 34.6 Å². The van der Waals surface area contributed by atoms with Crippen LogP contribution in [0.15, 0.2) is 83.8 Å². The smallest absolute Gasteiger partial charge is 0.274 e. The number of benzene rings is 3. The van der Waals surface area contributed by atoms with Gasteiger partial charge < -0.3 is 15.8 Å². The van der Waals surface area contributed by atoms with Crippen molar-refractivity contribution in [1.82, 2.24) is 19.9 Å². The van der Waals surface area contributed by atoms with Gasteiger partial charge in [-0.15, -0.1) is 0 Å². The van der Waals surface area contributed by atoms with Crippen molar-refractivity contribution in [2.45, 2.75) is 32.9 Å². The third-order valence-electron chi connectivity index (χ3n) is 6.44. The highest BCUT2D eigenvalue weighted by atomic mass is 35.5. The first-order chi connectivity index (χ1) is 19.6. The monoisotopic (exact) mass is 571 g/mol. The van der Waals surface area contributed by atoms with E-state index >= 15 is 0 Å². The molecule has 0 spiro atoms. The van der Waals surface area contributed by atoms with Gasteiger partial charge in [0.1, 0.15) is 0 Å². The van der Waals surface area contributed by atoms with Crippen LogP contribution in [0.5, 0.6) is 5.75 Å². The number of pyridine rings is 1. The highest BCUT2D eigenvalue weighted by Crippen LogP contribution is 2.28. The van der Waals surface area contributed by atoms with E-state index < -0.39 is 17.8 Å². The summed E-state index contributed by atoms with van der Waals surface area (Å²) in [6.07, 6.45) is 1.18. The van der Waals surface area contributed by atoms with E-state index in [1.165, 1.54) is 22.9 Å². The van der Waals surface area contributed by atoms with Gasteiger partial charge in [-0.3, -0.25) is 14.2 Å². The third kappa shape index (κ3) is 5.62. The Kier molecular flexibility index (Phi) is 7.72. The van der Waals surface area contributed by atoms with Crippen molar-refractivity contribution in [2.24, 2.45) is 0 Å². The zero-order chi connectivity index (χ0) is 29.3. The highest BCUT2D eigenvalue weighted by Gasteiger charge is 2.22.